The molecule has 0 bridgehead atoms. The van der Waals surface area contributed by atoms with Crippen molar-refractivity contribution in [3.63, 3.8) is 0 Å². The van der Waals surface area contributed by atoms with Crippen molar-refractivity contribution in [1.29, 1.82) is 0 Å². The lowest BCUT2D eigenvalue weighted by atomic mass is 10.3. The van der Waals surface area contributed by atoms with Crippen LogP contribution in [0.25, 0.3) is 5.69 Å². The second-order valence-corrected chi connectivity index (χ2v) is 4.50. The van der Waals surface area contributed by atoms with Crippen molar-refractivity contribution in [2.45, 2.75) is 0 Å². The van der Waals surface area contributed by atoms with Gasteiger partial charge in [-0.05, 0) is 40.3 Å². The Morgan fingerprint density at radius 3 is 2.73 bits per heavy atom. The minimum absolute atomic E-state index is 0.303. The maximum Gasteiger partial charge on any atom is 0.181 e. The van der Waals surface area contributed by atoms with E-state index >= 15 is 0 Å². The van der Waals surface area contributed by atoms with Crippen LogP contribution in [-0.4, -0.2) is 9.55 Å². The quantitative estimate of drug-likeness (QED) is 0.787. The minimum atomic E-state index is -0.391. The van der Waals surface area contributed by atoms with E-state index in [9.17, 15) is 4.39 Å². The predicted octanol–water partition coefficient (Wildman–Crippen LogP) is 4.09. The summed E-state index contributed by atoms with van der Waals surface area (Å²) in [7, 11) is 0. The van der Waals surface area contributed by atoms with E-state index in [-0.39, 0.29) is 0 Å². The number of H-pyrrole nitrogens is 1. The molecule has 6 heteroatoms. The average Bonchev–Trinajstić information content (AvgIpc) is 2.50. The van der Waals surface area contributed by atoms with Gasteiger partial charge in [0.15, 0.2) is 4.77 Å². The third-order valence-corrected chi connectivity index (χ3v) is 3.08. The first-order valence-electron chi connectivity index (χ1n) is 4.00. The Bertz CT molecular complexity index is 540. The molecule has 0 spiro atoms. The zero-order chi connectivity index (χ0) is 11.0. The monoisotopic (exact) mass is 306 g/mol. The SMILES string of the molecule is Fc1cc(Cl)c(-n2cc[nH]c2=S)c(Br)c1. The molecule has 0 fully saturated rings. The van der Waals surface area contributed by atoms with Crippen molar-refractivity contribution in [2.75, 3.05) is 0 Å². The van der Waals surface area contributed by atoms with Gasteiger partial charge in [-0.2, -0.15) is 0 Å². The molecule has 2 rings (SSSR count). The first-order valence-corrected chi connectivity index (χ1v) is 5.58. The maximum absolute atomic E-state index is 13.0. The number of aromatic nitrogens is 2. The topological polar surface area (TPSA) is 20.7 Å². The normalized spacial score (nSPS) is 10.6. The molecule has 0 saturated carbocycles. The van der Waals surface area contributed by atoms with Crippen LogP contribution in [0.15, 0.2) is 29.0 Å². The van der Waals surface area contributed by atoms with E-state index in [1.807, 2.05) is 0 Å². The van der Waals surface area contributed by atoms with E-state index in [0.717, 1.165) is 0 Å². The van der Waals surface area contributed by atoms with E-state index in [4.69, 9.17) is 23.8 Å². The van der Waals surface area contributed by atoms with Crippen molar-refractivity contribution in [3.05, 3.63) is 44.6 Å². The Balaban J connectivity index is 2.74. The molecule has 15 heavy (non-hydrogen) atoms. The smallest absolute Gasteiger partial charge is 0.181 e. The summed E-state index contributed by atoms with van der Waals surface area (Å²) in [6.45, 7) is 0. The highest BCUT2D eigenvalue weighted by molar-refractivity contribution is 9.10. The van der Waals surface area contributed by atoms with Gasteiger partial charge in [0.2, 0.25) is 0 Å². The highest BCUT2D eigenvalue weighted by Crippen LogP contribution is 2.30. The van der Waals surface area contributed by atoms with Crippen molar-refractivity contribution in [2.24, 2.45) is 0 Å². The van der Waals surface area contributed by atoms with Gasteiger partial charge in [-0.15, -0.1) is 0 Å². The summed E-state index contributed by atoms with van der Waals surface area (Å²) < 4.78 is 15.7. The van der Waals surface area contributed by atoms with Gasteiger partial charge in [0.05, 0.1) is 10.7 Å². The van der Waals surface area contributed by atoms with Crippen LogP contribution in [0.1, 0.15) is 0 Å². The number of hydrogen-bond donors (Lipinski definition) is 1. The number of halogens is 3. The summed E-state index contributed by atoms with van der Waals surface area (Å²) in [6.07, 6.45) is 3.42. The number of aromatic amines is 1. The Morgan fingerprint density at radius 2 is 2.20 bits per heavy atom. The van der Waals surface area contributed by atoms with Gasteiger partial charge < -0.3 is 4.98 Å². The minimum Gasteiger partial charge on any atom is -0.337 e. The van der Waals surface area contributed by atoms with E-state index < -0.39 is 5.82 Å². The molecule has 0 aliphatic heterocycles. The van der Waals surface area contributed by atoms with E-state index in [2.05, 4.69) is 20.9 Å². The number of nitrogens with zero attached hydrogens (tertiary/aromatic N) is 1. The van der Waals surface area contributed by atoms with Gasteiger partial charge in [0.25, 0.3) is 0 Å². The van der Waals surface area contributed by atoms with Crippen LogP contribution in [0.3, 0.4) is 0 Å². The van der Waals surface area contributed by atoms with Crippen molar-refractivity contribution >= 4 is 39.7 Å². The van der Waals surface area contributed by atoms with Gasteiger partial charge in [0, 0.05) is 16.9 Å². The lowest BCUT2D eigenvalue weighted by Gasteiger charge is -2.07. The van der Waals surface area contributed by atoms with Crippen LogP contribution in [0.2, 0.25) is 5.02 Å². The molecule has 1 N–H and O–H groups in total. The van der Waals surface area contributed by atoms with Crippen molar-refractivity contribution in [3.8, 4) is 5.69 Å². The third-order valence-electron chi connectivity index (χ3n) is 1.87. The van der Waals surface area contributed by atoms with E-state index in [1.165, 1.54) is 12.1 Å². The molecule has 1 aromatic carbocycles. The molecule has 0 aliphatic carbocycles. The zero-order valence-electron chi connectivity index (χ0n) is 7.30. The van der Waals surface area contributed by atoms with Crippen LogP contribution in [-0.2, 0) is 0 Å². The molecule has 78 valence electrons. The van der Waals surface area contributed by atoms with Gasteiger partial charge in [-0.3, -0.25) is 4.57 Å². The lowest BCUT2D eigenvalue weighted by molar-refractivity contribution is 0.626. The number of hydrogen-bond acceptors (Lipinski definition) is 1. The van der Waals surface area contributed by atoms with E-state index in [0.29, 0.717) is 20.0 Å². The van der Waals surface area contributed by atoms with Gasteiger partial charge in [-0.25, -0.2) is 4.39 Å². The number of nitrogens with one attached hydrogen (secondary N) is 1. The lowest BCUT2D eigenvalue weighted by Crippen LogP contribution is -1.95. The fraction of sp³-hybridized carbons (Fsp3) is 0. The molecule has 0 atom stereocenters. The standard InChI is InChI=1S/C9H5BrClFN2S/c10-6-3-5(12)4-7(11)8(6)14-2-1-13-9(14)15/h1-4H,(H,13,15). The molecule has 1 heterocycles. The largest absolute Gasteiger partial charge is 0.337 e. The van der Waals surface area contributed by atoms with Crippen molar-refractivity contribution in [1.82, 2.24) is 9.55 Å². The van der Waals surface area contributed by atoms with Crippen LogP contribution in [0.5, 0.6) is 0 Å². The summed E-state index contributed by atoms with van der Waals surface area (Å²) in [5, 5.41) is 0.303. The summed E-state index contributed by atoms with van der Waals surface area (Å²) in [4.78, 5) is 2.84. The van der Waals surface area contributed by atoms with Gasteiger partial charge in [0.1, 0.15) is 5.82 Å². The molecule has 0 aliphatic rings. The first kappa shape index (κ1) is 10.9. The highest BCUT2D eigenvalue weighted by Gasteiger charge is 2.10. The number of imidazole rings is 1. The molecule has 2 aromatic rings. The Hall–Kier alpha value is -0.650. The van der Waals surface area contributed by atoms with Crippen LogP contribution >= 0.6 is 39.7 Å². The molecule has 0 amide bonds. The zero-order valence-corrected chi connectivity index (χ0v) is 10.5. The van der Waals surface area contributed by atoms with Crippen LogP contribution < -0.4 is 0 Å². The molecule has 0 saturated heterocycles. The predicted molar refractivity (Wildman–Crippen MR) is 63.6 cm³/mol. The first-order chi connectivity index (χ1) is 7.09. The second kappa shape index (κ2) is 4.08. The van der Waals surface area contributed by atoms with E-state index in [1.54, 1.807) is 17.0 Å². The molecular formula is C9H5BrClFN2S. The Labute approximate surface area is 104 Å². The molecule has 0 radical (unpaired) electrons. The number of benzene rings is 1. The molecule has 2 nitrogen and oxygen atoms in total. The summed E-state index contributed by atoms with van der Waals surface area (Å²) >= 11 is 14.2. The van der Waals surface area contributed by atoms with Gasteiger partial charge in [-0.1, -0.05) is 11.6 Å². The maximum atomic E-state index is 13.0. The summed E-state index contributed by atoms with van der Waals surface area (Å²) in [5.74, 6) is -0.391. The van der Waals surface area contributed by atoms with Crippen LogP contribution in [0.4, 0.5) is 4.39 Å². The number of rotatable bonds is 1. The van der Waals surface area contributed by atoms with Gasteiger partial charge >= 0.3 is 0 Å². The Morgan fingerprint density at radius 1 is 1.47 bits per heavy atom. The fourth-order valence-corrected chi connectivity index (χ4v) is 2.52. The molecule has 1 aromatic heterocycles. The van der Waals surface area contributed by atoms with Crippen LogP contribution in [0, 0.1) is 10.6 Å². The molecule has 0 unspecified atom stereocenters. The summed E-state index contributed by atoms with van der Waals surface area (Å²) in [6, 6.07) is 2.59. The second-order valence-electron chi connectivity index (χ2n) is 2.85. The fourth-order valence-electron chi connectivity index (χ4n) is 1.26. The summed E-state index contributed by atoms with van der Waals surface area (Å²) in [5.41, 5.74) is 0.629. The Kier molecular flexibility index (Phi) is 2.95. The molecular weight excluding hydrogens is 303 g/mol. The average molecular weight is 308 g/mol. The highest BCUT2D eigenvalue weighted by atomic mass is 79.9. The van der Waals surface area contributed by atoms with Crippen molar-refractivity contribution < 1.29 is 4.39 Å². The third kappa shape index (κ3) is 2.00.